The quantitative estimate of drug-likeness (QED) is 0.744. The van der Waals surface area contributed by atoms with Gasteiger partial charge in [0.1, 0.15) is 11.5 Å². The number of carbonyl (C=O) groups is 1. The van der Waals surface area contributed by atoms with E-state index < -0.39 is 6.10 Å². The summed E-state index contributed by atoms with van der Waals surface area (Å²) in [7, 11) is 1.64. The lowest BCUT2D eigenvalue weighted by Gasteiger charge is -2.23. The summed E-state index contributed by atoms with van der Waals surface area (Å²) in [6.07, 6.45) is 0.902. The van der Waals surface area contributed by atoms with Crippen molar-refractivity contribution in [2.75, 3.05) is 7.11 Å². The first kappa shape index (κ1) is 19.8. The summed E-state index contributed by atoms with van der Waals surface area (Å²) >= 11 is 0. The van der Waals surface area contributed by atoms with Gasteiger partial charge in [-0.15, -0.1) is 0 Å². The number of methoxy groups -OCH3 is 1. The zero-order valence-corrected chi connectivity index (χ0v) is 16.3. The molecular weight excluding hydrogens is 326 g/mol. The lowest BCUT2D eigenvalue weighted by atomic mass is 10.0. The zero-order valence-electron chi connectivity index (χ0n) is 16.3. The van der Waals surface area contributed by atoms with Gasteiger partial charge < -0.3 is 14.8 Å². The molecule has 0 saturated carbocycles. The number of ether oxygens (including phenoxy) is 2. The van der Waals surface area contributed by atoms with E-state index in [0.717, 1.165) is 34.6 Å². The lowest BCUT2D eigenvalue weighted by molar-refractivity contribution is -0.129. The number of amides is 1. The molecule has 26 heavy (non-hydrogen) atoms. The summed E-state index contributed by atoms with van der Waals surface area (Å²) in [6, 6.07) is 13.7. The van der Waals surface area contributed by atoms with E-state index in [1.807, 2.05) is 63.2 Å². The van der Waals surface area contributed by atoms with Crippen molar-refractivity contribution >= 4 is 5.91 Å². The second kappa shape index (κ2) is 9.27. The smallest absolute Gasteiger partial charge is 0.261 e. The van der Waals surface area contributed by atoms with Crippen LogP contribution >= 0.6 is 0 Å². The van der Waals surface area contributed by atoms with Crippen molar-refractivity contribution in [2.24, 2.45) is 0 Å². The van der Waals surface area contributed by atoms with Gasteiger partial charge in [0.25, 0.3) is 5.91 Å². The molecule has 4 heteroatoms. The molecule has 2 aromatic rings. The summed E-state index contributed by atoms with van der Waals surface area (Å²) in [5, 5.41) is 3.12. The normalized spacial score (nSPS) is 13.0. The van der Waals surface area contributed by atoms with Crippen LogP contribution in [0.5, 0.6) is 11.5 Å². The van der Waals surface area contributed by atoms with E-state index in [4.69, 9.17) is 9.47 Å². The van der Waals surface area contributed by atoms with Crippen LogP contribution in [0.1, 0.15) is 49.4 Å². The molecule has 4 nitrogen and oxygen atoms in total. The van der Waals surface area contributed by atoms with Crippen LogP contribution in [0.15, 0.2) is 42.5 Å². The molecule has 0 bridgehead atoms. The summed E-state index contributed by atoms with van der Waals surface area (Å²) in [5.41, 5.74) is 3.28. The highest BCUT2D eigenvalue weighted by atomic mass is 16.5. The van der Waals surface area contributed by atoms with Crippen molar-refractivity contribution in [1.29, 1.82) is 0 Å². The van der Waals surface area contributed by atoms with Crippen molar-refractivity contribution in [3.8, 4) is 11.5 Å². The topological polar surface area (TPSA) is 47.6 Å². The number of benzene rings is 2. The molecule has 0 radical (unpaired) electrons. The Hall–Kier alpha value is -2.49. The monoisotopic (exact) mass is 355 g/mol. The van der Waals surface area contributed by atoms with Crippen LogP contribution in [0.3, 0.4) is 0 Å². The van der Waals surface area contributed by atoms with Gasteiger partial charge in [-0.3, -0.25) is 4.79 Å². The Labute approximate surface area is 156 Å². The fourth-order valence-corrected chi connectivity index (χ4v) is 2.85. The highest BCUT2D eigenvalue weighted by Gasteiger charge is 2.22. The highest BCUT2D eigenvalue weighted by Crippen LogP contribution is 2.24. The van der Waals surface area contributed by atoms with Crippen LogP contribution in [0.2, 0.25) is 0 Å². The third-order valence-electron chi connectivity index (χ3n) is 4.73. The van der Waals surface area contributed by atoms with Crippen molar-refractivity contribution in [3.63, 3.8) is 0 Å². The van der Waals surface area contributed by atoms with Gasteiger partial charge in [-0.1, -0.05) is 38.1 Å². The summed E-state index contributed by atoms with van der Waals surface area (Å²) in [6.45, 7) is 8.08. The summed E-state index contributed by atoms with van der Waals surface area (Å²) < 4.78 is 11.2. The van der Waals surface area contributed by atoms with E-state index in [9.17, 15) is 4.79 Å². The molecule has 2 atom stereocenters. The zero-order chi connectivity index (χ0) is 19.1. The van der Waals surface area contributed by atoms with E-state index in [-0.39, 0.29) is 11.9 Å². The van der Waals surface area contributed by atoms with Gasteiger partial charge in [-0.05, 0) is 61.6 Å². The van der Waals surface area contributed by atoms with Crippen LogP contribution in [0, 0.1) is 13.8 Å². The maximum atomic E-state index is 12.8. The fraction of sp³-hybridized carbons (Fsp3) is 0.409. The van der Waals surface area contributed by atoms with Crippen LogP contribution in [-0.2, 0) is 4.79 Å². The van der Waals surface area contributed by atoms with Gasteiger partial charge in [0.15, 0.2) is 6.10 Å². The maximum Gasteiger partial charge on any atom is 0.261 e. The molecule has 2 aromatic carbocycles. The molecule has 0 aromatic heterocycles. The Bertz CT molecular complexity index is 725. The van der Waals surface area contributed by atoms with Gasteiger partial charge >= 0.3 is 0 Å². The third-order valence-corrected chi connectivity index (χ3v) is 4.73. The number of aryl methyl sites for hydroxylation is 1. The third kappa shape index (κ3) is 4.78. The number of hydrogen-bond donors (Lipinski definition) is 1. The molecule has 0 unspecified atom stereocenters. The number of rotatable bonds is 8. The van der Waals surface area contributed by atoms with E-state index in [2.05, 4.69) is 12.2 Å². The Balaban J connectivity index is 2.09. The van der Waals surface area contributed by atoms with Crippen LogP contribution in [0.4, 0.5) is 0 Å². The Kier molecular flexibility index (Phi) is 7.07. The van der Waals surface area contributed by atoms with Crippen molar-refractivity contribution in [2.45, 2.75) is 52.7 Å². The van der Waals surface area contributed by atoms with Crippen LogP contribution in [-0.4, -0.2) is 19.1 Å². The van der Waals surface area contributed by atoms with Gasteiger partial charge in [0.05, 0.1) is 13.2 Å². The maximum absolute atomic E-state index is 12.8. The first-order valence-electron chi connectivity index (χ1n) is 9.17. The number of carbonyl (C=O) groups excluding carboxylic acids is 1. The van der Waals surface area contributed by atoms with Crippen LogP contribution in [0.25, 0.3) is 0 Å². The minimum Gasteiger partial charge on any atom is -0.497 e. The van der Waals surface area contributed by atoms with Crippen LogP contribution < -0.4 is 14.8 Å². The van der Waals surface area contributed by atoms with Gasteiger partial charge in [-0.2, -0.15) is 0 Å². The van der Waals surface area contributed by atoms with E-state index in [1.165, 1.54) is 0 Å². The average molecular weight is 355 g/mol. The van der Waals surface area contributed by atoms with Crippen molar-refractivity contribution in [3.05, 3.63) is 59.2 Å². The van der Waals surface area contributed by atoms with E-state index >= 15 is 0 Å². The molecule has 0 aliphatic heterocycles. The first-order valence-corrected chi connectivity index (χ1v) is 9.17. The molecule has 0 saturated heterocycles. The molecule has 0 spiro atoms. The lowest BCUT2D eigenvalue weighted by Crippen LogP contribution is -2.40. The Morgan fingerprint density at radius 2 is 1.73 bits per heavy atom. The molecule has 0 aliphatic carbocycles. The number of nitrogens with one attached hydrogen (secondary N) is 1. The molecule has 0 fully saturated rings. The SMILES string of the molecule is CC[C@H](NC(=O)[C@@H](CC)Oc1cccc(C)c1C)c1ccc(OC)cc1. The van der Waals surface area contributed by atoms with E-state index in [1.54, 1.807) is 7.11 Å². The highest BCUT2D eigenvalue weighted by molar-refractivity contribution is 5.81. The molecule has 1 N–H and O–H groups in total. The molecule has 140 valence electrons. The standard InChI is InChI=1S/C22H29NO3/c1-6-19(17-11-13-18(25-5)14-12-17)23-22(24)20(7-2)26-21-10-8-9-15(3)16(21)4/h8-14,19-20H,6-7H2,1-5H3,(H,23,24)/t19-,20+/m0/s1. The van der Waals surface area contributed by atoms with Crippen molar-refractivity contribution in [1.82, 2.24) is 5.32 Å². The molecule has 0 heterocycles. The Morgan fingerprint density at radius 3 is 2.31 bits per heavy atom. The molecule has 0 aliphatic rings. The molecule has 2 rings (SSSR count). The molecule has 1 amide bonds. The van der Waals surface area contributed by atoms with E-state index in [0.29, 0.717) is 6.42 Å². The van der Waals surface area contributed by atoms with Gasteiger partial charge in [-0.25, -0.2) is 0 Å². The molecular formula is C22H29NO3. The fourth-order valence-electron chi connectivity index (χ4n) is 2.85. The summed E-state index contributed by atoms with van der Waals surface area (Å²) in [5.74, 6) is 1.49. The Morgan fingerprint density at radius 1 is 1.04 bits per heavy atom. The largest absolute Gasteiger partial charge is 0.497 e. The second-order valence-corrected chi connectivity index (χ2v) is 6.46. The van der Waals surface area contributed by atoms with Crippen molar-refractivity contribution < 1.29 is 14.3 Å². The number of hydrogen-bond acceptors (Lipinski definition) is 3. The average Bonchev–Trinajstić information content (AvgIpc) is 2.67. The van der Waals surface area contributed by atoms with Gasteiger partial charge in [0.2, 0.25) is 0 Å². The summed E-state index contributed by atoms with van der Waals surface area (Å²) in [4.78, 5) is 12.8. The predicted molar refractivity (Wildman–Crippen MR) is 105 cm³/mol. The first-order chi connectivity index (χ1) is 12.5. The predicted octanol–water partition coefficient (Wildman–Crippen LogP) is 4.74. The minimum atomic E-state index is -0.511. The minimum absolute atomic E-state index is 0.0512. The second-order valence-electron chi connectivity index (χ2n) is 6.46. The van der Waals surface area contributed by atoms with Gasteiger partial charge in [0, 0.05) is 0 Å².